The molecule has 154 valence electrons. The molecule has 5 heteroatoms. The van der Waals surface area contributed by atoms with Crippen molar-refractivity contribution in [2.45, 2.75) is 30.4 Å². The summed E-state index contributed by atoms with van der Waals surface area (Å²) in [4.78, 5) is 11.2. The molecule has 0 radical (unpaired) electrons. The van der Waals surface area contributed by atoms with Gasteiger partial charge in [-0.1, -0.05) is 42.5 Å². The minimum absolute atomic E-state index is 0.225. The first-order chi connectivity index (χ1) is 14.6. The van der Waals surface area contributed by atoms with E-state index in [1.807, 2.05) is 48.2 Å². The van der Waals surface area contributed by atoms with Crippen molar-refractivity contribution in [1.82, 2.24) is 0 Å². The van der Waals surface area contributed by atoms with Crippen LogP contribution in [0, 0.1) is 5.82 Å². The highest BCUT2D eigenvalue weighted by Gasteiger charge is 2.25. The lowest BCUT2D eigenvalue weighted by Crippen LogP contribution is -2.23. The number of hydrogen-bond acceptors (Lipinski definition) is 3. The minimum Gasteiger partial charge on any atom is -0.457 e. The van der Waals surface area contributed by atoms with Crippen molar-refractivity contribution >= 4 is 17.7 Å². The molecule has 1 saturated heterocycles. The second-order valence-corrected chi connectivity index (χ2v) is 8.97. The number of ether oxygens (including phenoxy) is 1. The molecule has 0 spiro atoms. The van der Waals surface area contributed by atoms with Crippen LogP contribution in [0.5, 0.6) is 11.5 Å². The number of benzene rings is 3. The van der Waals surface area contributed by atoms with E-state index in [2.05, 4.69) is 12.1 Å². The summed E-state index contributed by atoms with van der Waals surface area (Å²) < 4.78 is 19.4. The summed E-state index contributed by atoms with van der Waals surface area (Å²) >= 11 is 1.85. The van der Waals surface area contributed by atoms with Crippen LogP contribution in [0.25, 0.3) is 11.1 Å². The highest BCUT2D eigenvalue weighted by molar-refractivity contribution is 7.99. The second-order valence-electron chi connectivity index (χ2n) is 7.56. The van der Waals surface area contributed by atoms with Crippen molar-refractivity contribution in [3.05, 3.63) is 84.2 Å². The van der Waals surface area contributed by atoms with Gasteiger partial charge in [0.2, 0.25) is 5.91 Å². The monoisotopic (exact) mass is 421 g/mol. The molecule has 2 unspecified atom stereocenters. The standard InChI is InChI=1S/C25H24FNO2S/c26-20-9-5-18(6-10-20)23-3-1-2-4-24(23)29-21-11-7-17(8-12-21)19-13-14-30-22(15-19)16-25(27)28/h1-12,19,22H,13-16H2,(H2,27,28). The molecule has 4 rings (SSSR count). The molecule has 1 heterocycles. The van der Waals surface area contributed by atoms with E-state index in [0.29, 0.717) is 17.6 Å². The van der Waals surface area contributed by atoms with E-state index in [-0.39, 0.29) is 11.7 Å². The van der Waals surface area contributed by atoms with Gasteiger partial charge in [-0.05, 0) is 66.0 Å². The summed E-state index contributed by atoms with van der Waals surface area (Å²) in [6, 6.07) is 22.4. The van der Waals surface area contributed by atoms with Gasteiger partial charge in [-0.2, -0.15) is 11.8 Å². The van der Waals surface area contributed by atoms with Crippen molar-refractivity contribution in [3.63, 3.8) is 0 Å². The van der Waals surface area contributed by atoms with Crippen molar-refractivity contribution < 1.29 is 13.9 Å². The summed E-state index contributed by atoms with van der Waals surface area (Å²) in [6.07, 6.45) is 2.53. The van der Waals surface area contributed by atoms with Crippen LogP contribution >= 0.6 is 11.8 Å². The van der Waals surface area contributed by atoms with Gasteiger partial charge in [0.05, 0.1) is 0 Å². The SMILES string of the molecule is NC(=O)CC1CC(c2ccc(Oc3ccccc3-c3ccc(F)cc3)cc2)CCS1. The Labute approximate surface area is 180 Å². The molecular formula is C25H24FNO2S. The smallest absolute Gasteiger partial charge is 0.218 e. The quantitative estimate of drug-likeness (QED) is 0.520. The molecule has 30 heavy (non-hydrogen) atoms. The average molecular weight is 422 g/mol. The van der Waals surface area contributed by atoms with Crippen LogP contribution in [0.1, 0.15) is 30.7 Å². The Kier molecular flexibility index (Phi) is 6.38. The number of halogens is 1. The minimum atomic E-state index is -0.257. The van der Waals surface area contributed by atoms with Crippen molar-refractivity contribution in [2.24, 2.45) is 5.73 Å². The van der Waals surface area contributed by atoms with Gasteiger partial charge < -0.3 is 10.5 Å². The molecule has 2 atom stereocenters. The molecule has 0 aliphatic carbocycles. The molecule has 0 saturated carbocycles. The molecule has 1 aliphatic heterocycles. The third-order valence-electron chi connectivity index (χ3n) is 5.42. The Bertz CT molecular complexity index is 1000. The van der Waals surface area contributed by atoms with Crippen molar-refractivity contribution in [2.75, 3.05) is 5.75 Å². The Morgan fingerprint density at radius 2 is 1.77 bits per heavy atom. The molecule has 3 aromatic rings. The fourth-order valence-corrected chi connectivity index (χ4v) is 5.31. The fourth-order valence-electron chi connectivity index (χ4n) is 3.91. The number of rotatable bonds is 6. The van der Waals surface area contributed by atoms with Crippen LogP contribution in [0.15, 0.2) is 72.8 Å². The number of thioether (sulfide) groups is 1. The zero-order valence-corrected chi connectivity index (χ0v) is 17.4. The van der Waals surface area contributed by atoms with Crippen LogP contribution in [0.3, 0.4) is 0 Å². The molecule has 3 aromatic carbocycles. The van der Waals surface area contributed by atoms with Crippen LogP contribution in [-0.2, 0) is 4.79 Å². The van der Waals surface area contributed by atoms with Crippen LogP contribution < -0.4 is 10.5 Å². The molecular weight excluding hydrogens is 397 g/mol. The number of para-hydroxylation sites is 1. The highest BCUT2D eigenvalue weighted by atomic mass is 32.2. The van der Waals surface area contributed by atoms with Gasteiger partial charge in [0.1, 0.15) is 17.3 Å². The predicted molar refractivity (Wildman–Crippen MR) is 120 cm³/mol. The van der Waals surface area contributed by atoms with Gasteiger partial charge in [-0.15, -0.1) is 0 Å². The number of amides is 1. The van der Waals surface area contributed by atoms with Gasteiger partial charge in [0, 0.05) is 17.2 Å². The third-order valence-corrected chi connectivity index (χ3v) is 6.72. The number of primary amides is 1. The summed E-state index contributed by atoms with van der Waals surface area (Å²) in [5.41, 5.74) is 8.47. The van der Waals surface area contributed by atoms with Gasteiger partial charge in [0.15, 0.2) is 0 Å². The maximum Gasteiger partial charge on any atom is 0.218 e. The molecule has 1 fully saturated rings. The maximum absolute atomic E-state index is 13.3. The van der Waals surface area contributed by atoms with Crippen LogP contribution in [0.4, 0.5) is 4.39 Å². The van der Waals surface area contributed by atoms with Gasteiger partial charge in [-0.3, -0.25) is 4.79 Å². The molecule has 1 amide bonds. The topological polar surface area (TPSA) is 52.3 Å². The summed E-state index contributed by atoms with van der Waals surface area (Å²) in [6.45, 7) is 0. The van der Waals surface area contributed by atoms with Crippen molar-refractivity contribution in [3.8, 4) is 22.6 Å². The molecule has 0 aromatic heterocycles. The van der Waals surface area contributed by atoms with E-state index >= 15 is 0 Å². The molecule has 3 nitrogen and oxygen atoms in total. The fraction of sp³-hybridized carbons (Fsp3) is 0.240. The lowest BCUT2D eigenvalue weighted by molar-refractivity contribution is -0.118. The Hall–Kier alpha value is -2.79. The highest BCUT2D eigenvalue weighted by Crippen LogP contribution is 2.39. The number of carbonyl (C=O) groups excluding carboxylic acids is 1. The largest absolute Gasteiger partial charge is 0.457 e. The first-order valence-electron chi connectivity index (χ1n) is 10.1. The average Bonchev–Trinajstić information content (AvgIpc) is 2.75. The van der Waals surface area contributed by atoms with E-state index < -0.39 is 0 Å². The lowest BCUT2D eigenvalue weighted by Gasteiger charge is -2.28. The molecule has 2 N–H and O–H groups in total. The van der Waals surface area contributed by atoms with E-state index in [0.717, 1.165) is 41.2 Å². The summed E-state index contributed by atoms with van der Waals surface area (Å²) in [5, 5.41) is 0.305. The van der Waals surface area contributed by atoms with E-state index in [4.69, 9.17) is 10.5 Å². The zero-order chi connectivity index (χ0) is 20.9. The Morgan fingerprint density at radius 1 is 1.03 bits per heavy atom. The van der Waals surface area contributed by atoms with Crippen LogP contribution in [0.2, 0.25) is 0 Å². The zero-order valence-electron chi connectivity index (χ0n) is 16.6. The molecule has 0 bridgehead atoms. The number of carbonyl (C=O) groups is 1. The Morgan fingerprint density at radius 3 is 2.50 bits per heavy atom. The molecule has 1 aliphatic rings. The second kappa shape index (κ2) is 9.35. The summed E-state index contributed by atoms with van der Waals surface area (Å²) in [7, 11) is 0. The first kappa shape index (κ1) is 20.5. The van der Waals surface area contributed by atoms with E-state index in [1.165, 1.54) is 17.7 Å². The number of nitrogens with two attached hydrogens (primary N) is 1. The lowest BCUT2D eigenvalue weighted by atomic mass is 9.90. The normalized spacial score (nSPS) is 18.7. The van der Waals surface area contributed by atoms with Gasteiger partial charge in [-0.25, -0.2) is 4.39 Å². The van der Waals surface area contributed by atoms with Crippen molar-refractivity contribution in [1.29, 1.82) is 0 Å². The maximum atomic E-state index is 13.3. The summed E-state index contributed by atoms with van der Waals surface area (Å²) in [5.74, 6) is 2.49. The third kappa shape index (κ3) is 5.03. The van der Waals surface area contributed by atoms with Crippen LogP contribution in [-0.4, -0.2) is 16.9 Å². The van der Waals surface area contributed by atoms with Gasteiger partial charge in [0.25, 0.3) is 0 Å². The number of hydrogen-bond donors (Lipinski definition) is 1. The first-order valence-corrected chi connectivity index (χ1v) is 11.2. The van der Waals surface area contributed by atoms with Gasteiger partial charge >= 0.3 is 0 Å². The Balaban J connectivity index is 1.48. The van der Waals surface area contributed by atoms with E-state index in [9.17, 15) is 9.18 Å². The van der Waals surface area contributed by atoms with E-state index in [1.54, 1.807) is 12.1 Å². The predicted octanol–water partition coefficient (Wildman–Crippen LogP) is 6.14.